The Kier molecular flexibility index (Phi) is 5.98. The van der Waals surface area contributed by atoms with Crippen molar-refractivity contribution < 1.29 is 9.59 Å². The summed E-state index contributed by atoms with van der Waals surface area (Å²) in [6.45, 7) is 3.56. The highest BCUT2D eigenvalue weighted by Crippen LogP contribution is 2.23. The van der Waals surface area contributed by atoms with E-state index in [9.17, 15) is 9.59 Å². The highest BCUT2D eigenvalue weighted by atomic mass is 16.2. The first kappa shape index (κ1) is 17.3. The molecule has 0 aromatic heterocycles. The molecule has 1 aromatic rings. The summed E-state index contributed by atoms with van der Waals surface area (Å²) >= 11 is 0. The number of hydrogen-bond acceptors (Lipinski definition) is 3. The molecule has 1 fully saturated rings. The van der Waals surface area contributed by atoms with Crippen LogP contribution in [0, 0.1) is 6.92 Å². The third kappa shape index (κ3) is 4.69. The zero-order chi connectivity index (χ0) is 16.8. The number of primary amides is 1. The lowest BCUT2D eigenvalue weighted by Gasteiger charge is -2.27. The first-order valence-electron chi connectivity index (χ1n) is 8.08. The highest BCUT2D eigenvalue weighted by Gasteiger charge is 2.30. The van der Waals surface area contributed by atoms with Gasteiger partial charge in [-0.2, -0.15) is 0 Å². The number of urea groups is 1. The second-order valence-corrected chi connectivity index (χ2v) is 6.12. The van der Waals surface area contributed by atoms with Crippen LogP contribution in [0.3, 0.4) is 0 Å². The quantitative estimate of drug-likeness (QED) is 0.739. The van der Waals surface area contributed by atoms with Gasteiger partial charge in [-0.15, -0.1) is 0 Å². The monoisotopic (exact) mass is 318 g/mol. The van der Waals surface area contributed by atoms with Crippen LogP contribution in [0.1, 0.15) is 36.4 Å². The molecule has 0 unspecified atom stereocenters. The molecular formula is C17H26N4O2. The predicted molar refractivity (Wildman–Crippen MR) is 89.9 cm³/mol. The first-order chi connectivity index (χ1) is 11.0. The number of nitrogens with zero attached hydrogens (tertiary/aromatic N) is 1. The van der Waals surface area contributed by atoms with E-state index in [1.807, 2.05) is 43.1 Å². The number of benzene rings is 1. The third-order valence-electron chi connectivity index (χ3n) is 4.28. The average molecular weight is 318 g/mol. The Morgan fingerprint density at radius 1 is 1.43 bits per heavy atom. The third-order valence-corrected chi connectivity index (χ3v) is 4.28. The van der Waals surface area contributed by atoms with E-state index in [4.69, 9.17) is 5.73 Å². The van der Waals surface area contributed by atoms with Crippen LogP contribution in [-0.4, -0.2) is 43.0 Å². The van der Waals surface area contributed by atoms with Gasteiger partial charge in [-0.25, -0.2) is 4.79 Å². The number of nitrogens with one attached hydrogen (secondary N) is 2. The SMILES string of the molecule is CNC[C@@H]1CCCN1C(=O)C[C@@H](NC(N)=O)c1cccc(C)c1. The van der Waals surface area contributed by atoms with Crippen molar-refractivity contribution in [2.45, 2.75) is 38.3 Å². The minimum Gasteiger partial charge on any atom is -0.352 e. The van der Waals surface area contributed by atoms with Crippen LogP contribution in [0.15, 0.2) is 24.3 Å². The topological polar surface area (TPSA) is 87.5 Å². The Morgan fingerprint density at radius 3 is 2.87 bits per heavy atom. The summed E-state index contributed by atoms with van der Waals surface area (Å²) in [4.78, 5) is 25.9. The summed E-state index contributed by atoms with van der Waals surface area (Å²) < 4.78 is 0. The number of amides is 3. The van der Waals surface area contributed by atoms with E-state index in [1.165, 1.54) is 0 Å². The van der Waals surface area contributed by atoms with Gasteiger partial charge in [0.15, 0.2) is 0 Å². The first-order valence-corrected chi connectivity index (χ1v) is 8.08. The summed E-state index contributed by atoms with van der Waals surface area (Å²) in [5.41, 5.74) is 7.28. The van der Waals surface area contributed by atoms with Crippen LogP contribution >= 0.6 is 0 Å². The Labute approximate surface area is 137 Å². The van der Waals surface area contributed by atoms with Crippen LogP contribution < -0.4 is 16.4 Å². The lowest BCUT2D eigenvalue weighted by Crippen LogP contribution is -2.43. The van der Waals surface area contributed by atoms with Crippen molar-refractivity contribution in [3.8, 4) is 0 Å². The van der Waals surface area contributed by atoms with E-state index in [0.29, 0.717) is 0 Å². The van der Waals surface area contributed by atoms with Gasteiger partial charge in [-0.3, -0.25) is 4.79 Å². The minimum absolute atomic E-state index is 0.0583. The van der Waals surface area contributed by atoms with Crippen molar-refractivity contribution >= 4 is 11.9 Å². The van der Waals surface area contributed by atoms with Gasteiger partial charge < -0.3 is 21.3 Å². The van der Waals surface area contributed by atoms with Gasteiger partial charge in [0.25, 0.3) is 0 Å². The molecular weight excluding hydrogens is 292 g/mol. The summed E-state index contributed by atoms with van der Waals surface area (Å²) in [5.74, 6) is 0.0583. The van der Waals surface area contributed by atoms with E-state index in [2.05, 4.69) is 10.6 Å². The van der Waals surface area contributed by atoms with Gasteiger partial charge in [0.1, 0.15) is 0 Å². The van der Waals surface area contributed by atoms with Crippen LogP contribution in [0.2, 0.25) is 0 Å². The molecule has 1 aliphatic rings. The maximum atomic E-state index is 12.7. The summed E-state index contributed by atoms with van der Waals surface area (Å²) in [5, 5.41) is 5.84. The molecule has 1 saturated heterocycles. The molecule has 0 radical (unpaired) electrons. The Balaban J connectivity index is 2.11. The Bertz CT molecular complexity index is 561. The molecule has 2 atom stereocenters. The van der Waals surface area contributed by atoms with Gasteiger partial charge in [0.2, 0.25) is 5.91 Å². The number of hydrogen-bond donors (Lipinski definition) is 3. The van der Waals surface area contributed by atoms with E-state index >= 15 is 0 Å². The molecule has 0 spiro atoms. The number of carbonyl (C=O) groups excluding carboxylic acids is 2. The Hall–Kier alpha value is -2.08. The van der Waals surface area contributed by atoms with Crippen LogP contribution in [0.5, 0.6) is 0 Å². The summed E-state index contributed by atoms with van der Waals surface area (Å²) in [6, 6.07) is 7.02. The second kappa shape index (κ2) is 7.97. The molecule has 0 saturated carbocycles. The molecule has 23 heavy (non-hydrogen) atoms. The molecule has 3 amide bonds. The molecule has 6 heteroatoms. The lowest BCUT2D eigenvalue weighted by molar-refractivity contribution is -0.132. The van der Waals surface area contributed by atoms with Gasteiger partial charge in [0.05, 0.1) is 12.5 Å². The van der Waals surface area contributed by atoms with Crippen molar-refractivity contribution in [3.05, 3.63) is 35.4 Å². The van der Waals surface area contributed by atoms with E-state index in [1.54, 1.807) is 0 Å². The largest absolute Gasteiger partial charge is 0.352 e. The van der Waals surface area contributed by atoms with E-state index in [-0.39, 0.29) is 18.4 Å². The zero-order valence-corrected chi connectivity index (χ0v) is 13.8. The van der Waals surface area contributed by atoms with E-state index in [0.717, 1.165) is 37.1 Å². The Morgan fingerprint density at radius 2 is 2.22 bits per heavy atom. The number of rotatable bonds is 6. The smallest absolute Gasteiger partial charge is 0.312 e. The molecule has 1 aliphatic heterocycles. The average Bonchev–Trinajstić information content (AvgIpc) is 2.95. The fraction of sp³-hybridized carbons (Fsp3) is 0.529. The minimum atomic E-state index is -0.613. The number of likely N-dealkylation sites (tertiary alicyclic amines) is 1. The van der Waals surface area contributed by atoms with Gasteiger partial charge in [-0.1, -0.05) is 29.8 Å². The van der Waals surface area contributed by atoms with Crippen molar-refractivity contribution in [1.29, 1.82) is 0 Å². The van der Waals surface area contributed by atoms with Crippen molar-refractivity contribution in [2.24, 2.45) is 5.73 Å². The lowest BCUT2D eigenvalue weighted by atomic mass is 10.0. The fourth-order valence-electron chi connectivity index (χ4n) is 3.21. The van der Waals surface area contributed by atoms with Crippen molar-refractivity contribution in [2.75, 3.05) is 20.1 Å². The van der Waals surface area contributed by atoms with Crippen molar-refractivity contribution in [1.82, 2.24) is 15.5 Å². The molecule has 4 N–H and O–H groups in total. The van der Waals surface area contributed by atoms with Crippen LogP contribution in [-0.2, 0) is 4.79 Å². The second-order valence-electron chi connectivity index (χ2n) is 6.12. The predicted octanol–water partition coefficient (Wildman–Crippen LogP) is 1.30. The molecule has 1 aromatic carbocycles. The molecule has 2 rings (SSSR count). The van der Waals surface area contributed by atoms with Crippen molar-refractivity contribution in [3.63, 3.8) is 0 Å². The maximum absolute atomic E-state index is 12.7. The summed E-state index contributed by atoms with van der Waals surface area (Å²) in [6.07, 6.45) is 2.27. The van der Waals surface area contributed by atoms with Gasteiger partial charge in [-0.05, 0) is 32.4 Å². The number of likely N-dealkylation sites (N-methyl/N-ethyl adjacent to an activating group) is 1. The summed E-state index contributed by atoms with van der Waals surface area (Å²) in [7, 11) is 1.89. The number of carbonyl (C=O) groups is 2. The van der Waals surface area contributed by atoms with Crippen LogP contribution in [0.4, 0.5) is 4.79 Å². The zero-order valence-electron chi connectivity index (χ0n) is 13.8. The standard InChI is InChI=1S/C17H26N4O2/c1-12-5-3-6-13(9-12)15(20-17(18)23)10-16(22)21-8-4-7-14(21)11-19-2/h3,5-6,9,14-15,19H,4,7-8,10-11H2,1-2H3,(H3,18,20,23)/t14-,15+/m0/s1. The fourth-order valence-corrected chi connectivity index (χ4v) is 3.21. The molecule has 1 heterocycles. The molecule has 0 aliphatic carbocycles. The van der Waals surface area contributed by atoms with Crippen LogP contribution in [0.25, 0.3) is 0 Å². The molecule has 126 valence electrons. The highest BCUT2D eigenvalue weighted by molar-refractivity contribution is 5.79. The molecule has 0 bridgehead atoms. The normalized spacial score (nSPS) is 18.7. The maximum Gasteiger partial charge on any atom is 0.312 e. The van der Waals surface area contributed by atoms with Gasteiger partial charge in [0, 0.05) is 19.1 Å². The number of aryl methyl sites for hydroxylation is 1. The van der Waals surface area contributed by atoms with Gasteiger partial charge >= 0.3 is 6.03 Å². The van der Waals surface area contributed by atoms with E-state index < -0.39 is 12.1 Å². The molecule has 6 nitrogen and oxygen atoms in total. The number of nitrogens with two attached hydrogens (primary N) is 1.